The summed E-state index contributed by atoms with van der Waals surface area (Å²) in [7, 11) is 0. The molecule has 0 fully saturated rings. The minimum atomic E-state index is 0.587. The Labute approximate surface area is 116 Å². The monoisotopic (exact) mass is 253 g/mol. The Kier molecular flexibility index (Phi) is 4.39. The van der Waals surface area contributed by atoms with Gasteiger partial charge in [-0.2, -0.15) is 0 Å². The van der Waals surface area contributed by atoms with Gasteiger partial charge < -0.3 is 5.73 Å². The fourth-order valence-electron chi connectivity index (χ4n) is 2.43. The lowest BCUT2D eigenvalue weighted by Gasteiger charge is -2.11. The fraction of sp³-hybridized carbons (Fsp3) is 0.333. The van der Waals surface area contributed by atoms with Crippen LogP contribution < -0.4 is 5.73 Å². The van der Waals surface area contributed by atoms with Gasteiger partial charge >= 0.3 is 0 Å². The molecule has 0 aromatic heterocycles. The number of hydrogen-bond donors (Lipinski definition) is 1. The van der Waals surface area contributed by atoms with Crippen molar-refractivity contribution in [3.05, 3.63) is 59.2 Å². The van der Waals surface area contributed by atoms with E-state index >= 15 is 0 Å². The van der Waals surface area contributed by atoms with Gasteiger partial charge in [-0.15, -0.1) is 0 Å². The molecule has 0 unspecified atom stereocenters. The van der Waals surface area contributed by atoms with Crippen LogP contribution in [0.4, 0.5) is 0 Å². The van der Waals surface area contributed by atoms with Gasteiger partial charge in [0.1, 0.15) is 0 Å². The van der Waals surface area contributed by atoms with Gasteiger partial charge in [-0.25, -0.2) is 0 Å². The predicted molar refractivity (Wildman–Crippen MR) is 83.0 cm³/mol. The molecule has 0 bridgehead atoms. The number of rotatable bonds is 4. The van der Waals surface area contributed by atoms with Crippen LogP contribution in [0.5, 0.6) is 0 Å². The van der Waals surface area contributed by atoms with Crippen LogP contribution in [0.2, 0.25) is 0 Å². The van der Waals surface area contributed by atoms with Crippen molar-refractivity contribution in [3.8, 4) is 11.1 Å². The van der Waals surface area contributed by atoms with E-state index in [0.29, 0.717) is 12.5 Å². The summed E-state index contributed by atoms with van der Waals surface area (Å²) in [5.41, 5.74) is 12.2. The first-order valence-corrected chi connectivity index (χ1v) is 6.99. The van der Waals surface area contributed by atoms with Crippen molar-refractivity contribution in [1.82, 2.24) is 0 Å². The number of nitrogens with two attached hydrogens (primary N) is 1. The SMILES string of the molecule is Cc1ccc(CN)c(-c2ccc(CC(C)C)cc2)c1. The van der Waals surface area contributed by atoms with Crippen LogP contribution in [0.15, 0.2) is 42.5 Å². The summed E-state index contributed by atoms with van der Waals surface area (Å²) in [6, 6.07) is 15.4. The van der Waals surface area contributed by atoms with E-state index in [0.717, 1.165) is 6.42 Å². The second-order valence-corrected chi connectivity index (χ2v) is 5.66. The molecule has 0 atom stereocenters. The fourth-order valence-corrected chi connectivity index (χ4v) is 2.43. The zero-order valence-electron chi connectivity index (χ0n) is 12.1. The largest absolute Gasteiger partial charge is 0.326 e. The third-order valence-electron chi connectivity index (χ3n) is 3.39. The van der Waals surface area contributed by atoms with Crippen molar-refractivity contribution in [2.75, 3.05) is 0 Å². The molecule has 2 aromatic rings. The molecule has 2 rings (SSSR count). The summed E-state index contributed by atoms with van der Waals surface area (Å²) in [4.78, 5) is 0. The maximum absolute atomic E-state index is 5.83. The van der Waals surface area contributed by atoms with Crippen molar-refractivity contribution in [3.63, 3.8) is 0 Å². The van der Waals surface area contributed by atoms with E-state index < -0.39 is 0 Å². The Morgan fingerprint density at radius 1 is 1.00 bits per heavy atom. The summed E-state index contributed by atoms with van der Waals surface area (Å²) in [6.07, 6.45) is 1.14. The lowest BCUT2D eigenvalue weighted by atomic mass is 9.95. The molecular formula is C18H23N. The van der Waals surface area contributed by atoms with Gasteiger partial charge in [0.2, 0.25) is 0 Å². The molecule has 0 aliphatic rings. The van der Waals surface area contributed by atoms with E-state index in [4.69, 9.17) is 5.73 Å². The normalized spacial score (nSPS) is 11.0. The Hall–Kier alpha value is -1.60. The molecule has 1 heteroatoms. The van der Waals surface area contributed by atoms with Gasteiger partial charge in [0.25, 0.3) is 0 Å². The molecule has 2 aromatic carbocycles. The Morgan fingerprint density at radius 3 is 2.26 bits per heavy atom. The minimum absolute atomic E-state index is 0.587. The van der Waals surface area contributed by atoms with Crippen molar-refractivity contribution >= 4 is 0 Å². The molecular weight excluding hydrogens is 230 g/mol. The molecule has 2 N–H and O–H groups in total. The van der Waals surface area contributed by atoms with Gasteiger partial charge in [-0.05, 0) is 41.5 Å². The zero-order valence-corrected chi connectivity index (χ0v) is 12.1. The van der Waals surface area contributed by atoms with Crippen molar-refractivity contribution < 1.29 is 0 Å². The Balaban J connectivity index is 2.34. The van der Waals surface area contributed by atoms with Crippen LogP contribution >= 0.6 is 0 Å². The van der Waals surface area contributed by atoms with Gasteiger partial charge in [-0.3, -0.25) is 0 Å². The van der Waals surface area contributed by atoms with Gasteiger partial charge in [0, 0.05) is 6.54 Å². The maximum Gasteiger partial charge on any atom is 0.0184 e. The summed E-state index contributed by atoms with van der Waals surface area (Å²) in [5, 5.41) is 0. The molecule has 0 heterocycles. The molecule has 0 aliphatic carbocycles. The third kappa shape index (κ3) is 3.45. The highest BCUT2D eigenvalue weighted by atomic mass is 14.5. The maximum atomic E-state index is 5.83. The zero-order chi connectivity index (χ0) is 13.8. The minimum Gasteiger partial charge on any atom is -0.326 e. The molecule has 0 aliphatic heterocycles. The highest BCUT2D eigenvalue weighted by molar-refractivity contribution is 5.68. The molecule has 1 nitrogen and oxygen atoms in total. The van der Waals surface area contributed by atoms with E-state index in [2.05, 4.69) is 63.2 Å². The summed E-state index contributed by atoms with van der Waals surface area (Å²) < 4.78 is 0. The third-order valence-corrected chi connectivity index (χ3v) is 3.39. The molecule has 100 valence electrons. The average Bonchev–Trinajstić information content (AvgIpc) is 2.39. The molecule has 0 saturated heterocycles. The predicted octanol–water partition coefficient (Wildman–Crippen LogP) is 4.32. The highest BCUT2D eigenvalue weighted by Crippen LogP contribution is 2.25. The molecule has 0 radical (unpaired) electrons. The van der Waals surface area contributed by atoms with Crippen LogP contribution in [0.3, 0.4) is 0 Å². The lowest BCUT2D eigenvalue weighted by Crippen LogP contribution is -1.99. The molecule has 19 heavy (non-hydrogen) atoms. The van der Waals surface area contributed by atoms with E-state index in [1.807, 2.05) is 0 Å². The molecule has 0 saturated carbocycles. The lowest BCUT2D eigenvalue weighted by molar-refractivity contribution is 0.647. The summed E-state index contributed by atoms with van der Waals surface area (Å²) in [5.74, 6) is 0.699. The second kappa shape index (κ2) is 6.03. The van der Waals surface area contributed by atoms with Crippen LogP contribution in [0, 0.1) is 12.8 Å². The van der Waals surface area contributed by atoms with E-state index in [1.165, 1.54) is 27.8 Å². The molecule has 0 amide bonds. The summed E-state index contributed by atoms with van der Waals surface area (Å²) >= 11 is 0. The second-order valence-electron chi connectivity index (χ2n) is 5.66. The Bertz CT molecular complexity index is 538. The standard InChI is InChI=1S/C18H23N/c1-13(2)10-15-5-8-16(9-6-15)18-11-14(3)4-7-17(18)12-19/h4-9,11,13H,10,12,19H2,1-3H3. The quantitative estimate of drug-likeness (QED) is 0.863. The van der Waals surface area contributed by atoms with Crippen LogP contribution in [-0.4, -0.2) is 0 Å². The number of benzene rings is 2. The van der Waals surface area contributed by atoms with Crippen molar-refractivity contribution in [1.29, 1.82) is 0 Å². The van der Waals surface area contributed by atoms with Gasteiger partial charge in [0.05, 0.1) is 0 Å². The Morgan fingerprint density at radius 2 is 1.68 bits per heavy atom. The molecule has 0 spiro atoms. The first-order chi connectivity index (χ1) is 9.10. The van der Waals surface area contributed by atoms with Gasteiger partial charge in [-0.1, -0.05) is 61.9 Å². The van der Waals surface area contributed by atoms with E-state index in [1.54, 1.807) is 0 Å². The number of hydrogen-bond acceptors (Lipinski definition) is 1. The van der Waals surface area contributed by atoms with E-state index in [-0.39, 0.29) is 0 Å². The van der Waals surface area contributed by atoms with Crippen molar-refractivity contribution in [2.24, 2.45) is 11.7 Å². The van der Waals surface area contributed by atoms with Gasteiger partial charge in [0.15, 0.2) is 0 Å². The smallest absolute Gasteiger partial charge is 0.0184 e. The number of aryl methyl sites for hydroxylation is 1. The van der Waals surface area contributed by atoms with Crippen molar-refractivity contribution in [2.45, 2.75) is 33.7 Å². The van der Waals surface area contributed by atoms with Crippen LogP contribution in [-0.2, 0) is 13.0 Å². The highest BCUT2D eigenvalue weighted by Gasteiger charge is 2.05. The van der Waals surface area contributed by atoms with E-state index in [9.17, 15) is 0 Å². The van der Waals surface area contributed by atoms with Crippen LogP contribution in [0.25, 0.3) is 11.1 Å². The first kappa shape index (κ1) is 13.8. The van der Waals surface area contributed by atoms with Crippen LogP contribution in [0.1, 0.15) is 30.5 Å². The first-order valence-electron chi connectivity index (χ1n) is 6.99. The average molecular weight is 253 g/mol. The topological polar surface area (TPSA) is 26.0 Å². The summed E-state index contributed by atoms with van der Waals surface area (Å²) in [6.45, 7) is 7.21.